The van der Waals surface area contributed by atoms with E-state index in [0.717, 1.165) is 5.01 Å². The Hall–Kier alpha value is -1.02. The molecule has 2 heterocycles. The highest BCUT2D eigenvalue weighted by atomic mass is 32.2. The molecule has 0 aromatic carbocycles. The van der Waals surface area contributed by atoms with Crippen molar-refractivity contribution in [1.29, 1.82) is 0 Å². The van der Waals surface area contributed by atoms with E-state index in [9.17, 15) is 13.2 Å². The molecule has 0 spiro atoms. The van der Waals surface area contributed by atoms with Gasteiger partial charge >= 0.3 is 0 Å². The van der Waals surface area contributed by atoms with Crippen LogP contribution in [-0.2, 0) is 14.6 Å². The summed E-state index contributed by atoms with van der Waals surface area (Å²) in [5.74, 6) is 1.29. The van der Waals surface area contributed by atoms with Crippen LogP contribution < -0.4 is 5.32 Å². The number of fused-ring (bicyclic) bond motifs is 1. The van der Waals surface area contributed by atoms with Crippen molar-refractivity contribution >= 4 is 32.2 Å². The monoisotopic (exact) mass is 327 g/mol. The normalized spacial score (nSPS) is 33.8. The van der Waals surface area contributed by atoms with Crippen LogP contribution >= 0.6 is 11.3 Å². The minimum absolute atomic E-state index is 0.0275. The minimum atomic E-state index is -2.86. The third kappa shape index (κ3) is 2.70. The van der Waals surface area contributed by atoms with Crippen LogP contribution in [0.2, 0.25) is 0 Å². The fourth-order valence-electron chi connectivity index (χ4n) is 3.54. The van der Waals surface area contributed by atoms with Gasteiger partial charge in [-0.15, -0.1) is 10.2 Å². The van der Waals surface area contributed by atoms with Crippen molar-refractivity contribution < 1.29 is 13.2 Å². The summed E-state index contributed by atoms with van der Waals surface area (Å²) < 4.78 is 23.1. The van der Waals surface area contributed by atoms with Crippen LogP contribution in [0.15, 0.2) is 0 Å². The molecule has 21 heavy (non-hydrogen) atoms. The molecule has 1 saturated heterocycles. The van der Waals surface area contributed by atoms with Crippen LogP contribution in [0.1, 0.15) is 36.6 Å². The van der Waals surface area contributed by atoms with Crippen molar-refractivity contribution in [2.24, 2.45) is 17.8 Å². The molecule has 4 rings (SSSR count). The summed E-state index contributed by atoms with van der Waals surface area (Å²) in [5.41, 5.74) is 0. The summed E-state index contributed by atoms with van der Waals surface area (Å²) in [5, 5.41) is 12.6. The van der Waals surface area contributed by atoms with E-state index in [2.05, 4.69) is 15.5 Å². The van der Waals surface area contributed by atoms with E-state index in [4.69, 9.17) is 0 Å². The first kappa shape index (κ1) is 13.6. The highest BCUT2D eigenvalue weighted by molar-refractivity contribution is 7.91. The summed E-state index contributed by atoms with van der Waals surface area (Å²) in [6.07, 6.45) is 3.71. The van der Waals surface area contributed by atoms with Crippen molar-refractivity contribution in [2.75, 3.05) is 16.8 Å². The van der Waals surface area contributed by atoms with E-state index in [0.29, 0.717) is 23.9 Å². The maximum Gasteiger partial charge on any atom is 0.229 e. The molecule has 3 fully saturated rings. The molecule has 8 heteroatoms. The van der Waals surface area contributed by atoms with E-state index < -0.39 is 9.84 Å². The minimum Gasteiger partial charge on any atom is -0.300 e. The molecule has 2 aliphatic carbocycles. The Kier molecular flexibility index (Phi) is 3.08. The largest absolute Gasteiger partial charge is 0.300 e. The van der Waals surface area contributed by atoms with Gasteiger partial charge in [0.05, 0.1) is 11.5 Å². The SMILES string of the molecule is O=C(Nc1nnc(C2CC2)s1)C1C[C@@H]2CS(=O)(=O)C[C@@H]2C1. The summed E-state index contributed by atoms with van der Waals surface area (Å²) in [7, 11) is -2.86. The van der Waals surface area contributed by atoms with Gasteiger partial charge in [-0.25, -0.2) is 8.42 Å². The predicted octanol–water partition coefficient (Wildman–Crippen LogP) is 1.42. The quantitative estimate of drug-likeness (QED) is 0.907. The lowest BCUT2D eigenvalue weighted by molar-refractivity contribution is -0.119. The zero-order chi connectivity index (χ0) is 14.6. The maximum absolute atomic E-state index is 12.3. The standard InChI is InChI=1S/C13H17N3O3S2/c17-11(14-13-16-15-12(20-13)7-1-2-7)8-3-9-5-21(18,19)6-10(9)4-8/h7-10H,1-6H2,(H,14,16,17)/t8?,9-,10+. The van der Waals surface area contributed by atoms with E-state index in [1.165, 1.54) is 24.2 Å². The van der Waals surface area contributed by atoms with Crippen LogP contribution in [0.4, 0.5) is 5.13 Å². The fourth-order valence-corrected chi connectivity index (χ4v) is 6.72. The first-order chi connectivity index (χ1) is 10.00. The number of aromatic nitrogens is 2. The number of nitrogens with zero attached hydrogens (tertiary/aromatic N) is 2. The maximum atomic E-state index is 12.3. The number of sulfone groups is 1. The number of rotatable bonds is 3. The number of nitrogens with one attached hydrogen (secondary N) is 1. The van der Waals surface area contributed by atoms with Crippen molar-refractivity contribution in [3.63, 3.8) is 0 Å². The average Bonchev–Trinajstić information content (AvgIpc) is 2.92. The number of carbonyl (C=O) groups is 1. The third-order valence-corrected chi connectivity index (χ3v) is 7.62. The van der Waals surface area contributed by atoms with Gasteiger partial charge in [-0.05, 0) is 37.5 Å². The first-order valence-corrected chi connectivity index (χ1v) is 9.98. The Morgan fingerprint density at radius 3 is 2.43 bits per heavy atom. The Morgan fingerprint density at radius 2 is 1.81 bits per heavy atom. The van der Waals surface area contributed by atoms with Gasteiger partial charge in [0.15, 0.2) is 9.84 Å². The van der Waals surface area contributed by atoms with Crippen LogP contribution in [0.5, 0.6) is 0 Å². The molecule has 1 amide bonds. The number of hydrogen-bond donors (Lipinski definition) is 1. The van der Waals surface area contributed by atoms with Crippen molar-refractivity contribution in [3.8, 4) is 0 Å². The number of carbonyl (C=O) groups excluding carboxylic acids is 1. The average molecular weight is 327 g/mol. The van der Waals surface area contributed by atoms with Gasteiger partial charge in [0.25, 0.3) is 0 Å². The Morgan fingerprint density at radius 1 is 1.14 bits per heavy atom. The Balaban J connectivity index is 1.38. The lowest BCUT2D eigenvalue weighted by Crippen LogP contribution is -2.22. The van der Waals surface area contributed by atoms with E-state index in [-0.39, 0.29) is 35.2 Å². The molecule has 1 aromatic rings. The van der Waals surface area contributed by atoms with Gasteiger partial charge in [-0.2, -0.15) is 0 Å². The van der Waals surface area contributed by atoms with Gasteiger partial charge < -0.3 is 5.32 Å². The lowest BCUT2D eigenvalue weighted by atomic mass is 10.0. The van der Waals surface area contributed by atoms with Crippen molar-refractivity contribution in [2.45, 2.75) is 31.6 Å². The highest BCUT2D eigenvalue weighted by Gasteiger charge is 2.46. The topological polar surface area (TPSA) is 89.0 Å². The van der Waals surface area contributed by atoms with E-state index in [1.54, 1.807) is 0 Å². The molecule has 0 bridgehead atoms. The van der Waals surface area contributed by atoms with Crippen LogP contribution in [0, 0.1) is 17.8 Å². The van der Waals surface area contributed by atoms with Gasteiger partial charge in [-0.1, -0.05) is 11.3 Å². The Labute approximate surface area is 127 Å². The van der Waals surface area contributed by atoms with Crippen LogP contribution in [-0.4, -0.2) is 36.0 Å². The molecule has 1 aliphatic heterocycles. The van der Waals surface area contributed by atoms with E-state index in [1.807, 2.05) is 0 Å². The molecule has 2 saturated carbocycles. The molecule has 1 aromatic heterocycles. The van der Waals surface area contributed by atoms with Gasteiger partial charge in [0, 0.05) is 11.8 Å². The highest BCUT2D eigenvalue weighted by Crippen LogP contribution is 2.44. The number of amides is 1. The zero-order valence-corrected chi connectivity index (χ0v) is 13.1. The molecule has 1 N–H and O–H groups in total. The number of hydrogen-bond acceptors (Lipinski definition) is 6. The number of anilines is 1. The summed E-state index contributed by atoms with van der Waals surface area (Å²) >= 11 is 1.46. The van der Waals surface area contributed by atoms with Gasteiger partial charge in [0.1, 0.15) is 5.01 Å². The molecule has 6 nitrogen and oxygen atoms in total. The van der Waals surface area contributed by atoms with Gasteiger partial charge in [-0.3, -0.25) is 4.79 Å². The second-order valence-electron chi connectivity index (χ2n) is 6.47. The second-order valence-corrected chi connectivity index (χ2v) is 9.64. The first-order valence-electron chi connectivity index (χ1n) is 7.35. The molecule has 1 unspecified atom stereocenters. The molecular formula is C13H17N3O3S2. The molecule has 3 aliphatic rings. The van der Waals surface area contributed by atoms with Crippen LogP contribution in [0.3, 0.4) is 0 Å². The molecule has 3 atom stereocenters. The summed E-state index contributed by atoms with van der Waals surface area (Å²) in [4.78, 5) is 12.3. The summed E-state index contributed by atoms with van der Waals surface area (Å²) in [6, 6.07) is 0. The lowest BCUT2D eigenvalue weighted by Gasteiger charge is -2.09. The van der Waals surface area contributed by atoms with Crippen molar-refractivity contribution in [3.05, 3.63) is 5.01 Å². The third-order valence-electron chi connectivity index (χ3n) is 4.75. The summed E-state index contributed by atoms with van der Waals surface area (Å²) in [6.45, 7) is 0. The Bertz CT molecular complexity index is 661. The van der Waals surface area contributed by atoms with Gasteiger partial charge in [0.2, 0.25) is 11.0 Å². The molecule has 0 radical (unpaired) electrons. The zero-order valence-electron chi connectivity index (χ0n) is 11.5. The molecular weight excluding hydrogens is 310 g/mol. The molecule has 114 valence electrons. The fraction of sp³-hybridized carbons (Fsp3) is 0.769. The van der Waals surface area contributed by atoms with Crippen LogP contribution in [0.25, 0.3) is 0 Å². The van der Waals surface area contributed by atoms with Crippen molar-refractivity contribution in [1.82, 2.24) is 10.2 Å². The van der Waals surface area contributed by atoms with E-state index >= 15 is 0 Å². The predicted molar refractivity (Wildman–Crippen MR) is 78.9 cm³/mol. The smallest absolute Gasteiger partial charge is 0.229 e. The second kappa shape index (κ2) is 4.74.